The molecular formula is C16H18FN3O2S. The Kier molecular flexibility index (Phi) is 4.85. The molecule has 2 heterocycles. The molecule has 0 bridgehead atoms. The molecular weight excluding hydrogens is 317 g/mol. The Hall–Kier alpha value is -2.02. The lowest BCUT2D eigenvalue weighted by Crippen LogP contribution is -2.41. The molecule has 1 aliphatic rings. The minimum absolute atomic E-state index is 0.00652. The van der Waals surface area contributed by atoms with Gasteiger partial charge in [-0.1, -0.05) is 10.6 Å². The lowest BCUT2D eigenvalue weighted by Gasteiger charge is -2.32. The molecule has 122 valence electrons. The Morgan fingerprint density at radius 1 is 1.52 bits per heavy atom. The van der Waals surface area contributed by atoms with Crippen LogP contribution in [0, 0.1) is 18.7 Å². The highest BCUT2D eigenvalue weighted by Gasteiger charge is 2.27. The number of halogens is 1. The number of rotatable bonds is 4. The van der Waals surface area contributed by atoms with Gasteiger partial charge < -0.3 is 9.64 Å². The van der Waals surface area contributed by atoms with Crippen LogP contribution in [0.1, 0.15) is 28.2 Å². The smallest absolute Gasteiger partial charge is 0.267 e. The molecule has 3 rings (SSSR count). The van der Waals surface area contributed by atoms with Crippen LogP contribution in [-0.2, 0) is 0 Å². The number of aryl methyl sites for hydroxylation is 1. The Morgan fingerprint density at radius 2 is 2.39 bits per heavy atom. The van der Waals surface area contributed by atoms with Crippen molar-refractivity contribution in [3.8, 4) is 5.75 Å². The molecule has 1 atom stereocenters. The Morgan fingerprint density at radius 3 is 3.13 bits per heavy atom. The van der Waals surface area contributed by atoms with Crippen LogP contribution in [0.3, 0.4) is 0 Å². The van der Waals surface area contributed by atoms with E-state index < -0.39 is 0 Å². The van der Waals surface area contributed by atoms with Gasteiger partial charge in [-0.2, -0.15) is 0 Å². The average Bonchev–Trinajstić information content (AvgIpc) is 2.99. The number of benzene rings is 1. The van der Waals surface area contributed by atoms with Crippen molar-refractivity contribution in [1.29, 1.82) is 0 Å². The molecule has 0 aliphatic carbocycles. The zero-order valence-corrected chi connectivity index (χ0v) is 13.7. The van der Waals surface area contributed by atoms with Crippen LogP contribution in [0.15, 0.2) is 24.3 Å². The van der Waals surface area contributed by atoms with E-state index in [4.69, 9.17) is 4.74 Å². The fourth-order valence-corrected chi connectivity index (χ4v) is 3.35. The lowest BCUT2D eigenvalue weighted by atomic mass is 9.98. The molecule has 0 unspecified atom stereocenters. The van der Waals surface area contributed by atoms with E-state index in [0.717, 1.165) is 30.9 Å². The second-order valence-electron chi connectivity index (χ2n) is 5.72. The van der Waals surface area contributed by atoms with Crippen molar-refractivity contribution >= 4 is 17.4 Å². The highest BCUT2D eigenvalue weighted by molar-refractivity contribution is 7.07. The summed E-state index contributed by atoms with van der Waals surface area (Å²) in [5, 5.41) is 3.90. The normalized spacial score (nSPS) is 18.0. The molecule has 1 fully saturated rings. The first-order chi connectivity index (χ1) is 11.1. The Bertz CT molecular complexity index is 691. The predicted octanol–water partition coefficient (Wildman–Crippen LogP) is 2.92. The van der Waals surface area contributed by atoms with Crippen LogP contribution < -0.4 is 4.74 Å². The van der Waals surface area contributed by atoms with Gasteiger partial charge in [0.1, 0.15) is 16.4 Å². The van der Waals surface area contributed by atoms with Gasteiger partial charge in [0.05, 0.1) is 12.3 Å². The number of nitrogens with zero attached hydrogens (tertiary/aromatic N) is 3. The van der Waals surface area contributed by atoms with Crippen molar-refractivity contribution in [2.45, 2.75) is 19.8 Å². The molecule has 0 N–H and O–H groups in total. The molecule has 23 heavy (non-hydrogen) atoms. The number of aromatic nitrogens is 2. The third-order valence-electron chi connectivity index (χ3n) is 3.93. The van der Waals surface area contributed by atoms with Crippen LogP contribution in [0.2, 0.25) is 0 Å². The van der Waals surface area contributed by atoms with Gasteiger partial charge in [0, 0.05) is 25.1 Å². The van der Waals surface area contributed by atoms with Crippen LogP contribution >= 0.6 is 11.5 Å². The predicted molar refractivity (Wildman–Crippen MR) is 85.2 cm³/mol. The van der Waals surface area contributed by atoms with E-state index in [0.29, 0.717) is 29.5 Å². The summed E-state index contributed by atoms with van der Waals surface area (Å²) in [5.41, 5.74) is 0.679. The highest BCUT2D eigenvalue weighted by atomic mass is 32.1. The minimum atomic E-state index is -0.309. The summed E-state index contributed by atoms with van der Waals surface area (Å²) in [4.78, 5) is 15.0. The number of carbonyl (C=O) groups excluding carboxylic acids is 1. The van der Waals surface area contributed by atoms with Gasteiger partial charge in [0.2, 0.25) is 0 Å². The Balaban J connectivity index is 1.58. The number of amides is 1. The summed E-state index contributed by atoms with van der Waals surface area (Å²) in [5.74, 6) is 0.456. The maximum Gasteiger partial charge on any atom is 0.267 e. The van der Waals surface area contributed by atoms with Gasteiger partial charge in [-0.3, -0.25) is 4.79 Å². The lowest BCUT2D eigenvalue weighted by molar-refractivity contribution is 0.0637. The number of ether oxygens (including phenoxy) is 1. The average molecular weight is 335 g/mol. The van der Waals surface area contributed by atoms with Gasteiger partial charge in [-0.15, -0.1) is 5.10 Å². The van der Waals surface area contributed by atoms with Crippen molar-refractivity contribution < 1.29 is 13.9 Å². The van der Waals surface area contributed by atoms with E-state index >= 15 is 0 Å². The molecule has 1 aromatic heterocycles. The minimum Gasteiger partial charge on any atom is -0.493 e. The van der Waals surface area contributed by atoms with E-state index in [1.165, 1.54) is 12.1 Å². The second kappa shape index (κ2) is 7.04. The largest absolute Gasteiger partial charge is 0.493 e. The van der Waals surface area contributed by atoms with Crippen LogP contribution in [0.5, 0.6) is 5.75 Å². The van der Waals surface area contributed by atoms with Crippen molar-refractivity contribution in [1.82, 2.24) is 14.5 Å². The molecule has 0 spiro atoms. The molecule has 5 nitrogen and oxygen atoms in total. The first kappa shape index (κ1) is 15.9. The topological polar surface area (TPSA) is 55.3 Å². The van der Waals surface area contributed by atoms with Gasteiger partial charge in [-0.25, -0.2) is 4.39 Å². The van der Waals surface area contributed by atoms with E-state index in [2.05, 4.69) is 9.59 Å². The molecule has 2 aromatic rings. The quantitative estimate of drug-likeness (QED) is 0.862. The number of carbonyl (C=O) groups is 1. The highest BCUT2D eigenvalue weighted by Crippen LogP contribution is 2.22. The summed E-state index contributed by atoms with van der Waals surface area (Å²) >= 11 is 1.14. The van der Waals surface area contributed by atoms with Crippen molar-refractivity contribution in [3.63, 3.8) is 0 Å². The van der Waals surface area contributed by atoms with E-state index in [9.17, 15) is 9.18 Å². The third-order valence-corrected chi connectivity index (χ3v) is 4.75. The molecule has 0 saturated carbocycles. The van der Waals surface area contributed by atoms with Gasteiger partial charge in [-0.05, 0) is 43.4 Å². The zero-order valence-electron chi connectivity index (χ0n) is 12.9. The number of hydrogen-bond acceptors (Lipinski definition) is 5. The van der Waals surface area contributed by atoms with Gasteiger partial charge in [0.25, 0.3) is 5.91 Å². The van der Waals surface area contributed by atoms with Crippen molar-refractivity contribution in [3.05, 3.63) is 40.7 Å². The van der Waals surface area contributed by atoms with Crippen LogP contribution in [-0.4, -0.2) is 40.1 Å². The number of hydrogen-bond donors (Lipinski definition) is 0. The van der Waals surface area contributed by atoms with E-state index in [1.807, 2.05) is 4.90 Å². The summed E-state index contributed by atoms with van der Waals surface area (Å²) in [6, 6.07) is 6.12. The molecule has 1 saturated heterocycles. The SMILES string of the molecule is Cc1nnsc1C(=O)N1CCC[C@@H](COc2cccc(F)c2)C1. The van der Waals surface area contributed by atoms with Gasteiger partial charge in [0.15, 0.2) is 0 Å². The molecule has 7 heteroatoms. The van der Waals surface area contributed by atoms with E-state index in [-0.39, 0.29) is 17.6 Å². The second-order valence-corrected chi connectivity index (χ2v) is 6.47. The number of piperidine rings is 1. The Labute approximate surface area is 138 Å². The maximum absolute atomic E-state index is 13.2. The summed E-state index contributed by atoms with van der Waals surface area (Å²) in [7, 11) is 0. The van der Waals surface area contributed by atoms with E-state index in [1.54, 1.807) is 19.1 Å². The van der Waals surface area contributed by atoms with Crippen LogP contribution in [0.4, 0.5) is 4.39 Å². The summed E-state index contributed by atoms with van der Waals surface area (Å²) in [6.07, 6.45) is 1.94. The molecule has 0 radical (unpaired) electrons. The first-order valence-electron chi connectivity index (χ1n) is 7.60. The van der Waals surface area contributed by atoms with Crippen molar-refractivity contribution in [2.24, 2.45) is 5.92 Å². The first-order valence-corrected chi connectivity index (χ1v) is 8.37. The fourth-order valence-electron chi connectivity index (χ4n) is 2.73. The monoisotopic (exact) mass is 335 g/mol. The van der Waals surface area contributed by atoms with Gasteiger partial charge >= 0.3 is 0 Å². The van der Waals surface area contributed by atoms with Crippen LogP contribution in [0.25, 0.3) is 0 Å². The fraction of sp³-hybridized carbons (Fsp3) is 0.438. The summed E-state index contributed by atoms with van der Waals surface area (Å²) in [6.45, 7) is 3.66. The maximum atomic E-state index is 13.2. The molecule has 1 amide bonds. The summed E-state index contributed by atoms with van der Waals surface area (Å²) < 4.78 is 22.6. The standard InChI is InChI=1S/C16H18FN3O2S/c1-11-15(23-19-18-11)16(21)20-7-3-4-12(9-20)10-22-14-6-2-5-13(17)8-14/h2,5-6,8,12H,3-4,7,9-10H2,1H3/t12-/m1/s1. The molecule has 1 aliphatic heterocycles. The van der Waals surface area contributed by atoms with Crippen molar-refractivity contribution in [2.75, 3.05) is 19.7 Å². The zero-order chi connectivity index (χ0) is 16.2. The third kappa shape index (κ3) is 3.85. The molecule has 1 aromatic carbocycles. The number of likely N-dealkylation sites (tertiary alicyclic amines) is 1.